The number of aromatic nitrogens is 1. The molecule has 0 aliphatic rings. The predicted octanol–water partition coefficient (Wildman–Crippen LogP) is 2.80. The molecule has 106 valence electrons. The van der Waals surface area contributed by atoms with Crippen LogP contribution in [0.15, 0.2) is 60.8 Å². The molecule has 3 rings (SSSR count). The molecule has 0 amide bonds. The SMILES string of the molecule is COc1ccccc1C(NN)c1ccnc2ccccc12. The van der Waals surface area contributed by atoms with E-state index < -0.39 is 0 Å². The van der Waals surface area contributed by atoms with Crippen LogP contribution in [-0.2, 0) is 0 Å². The smallest absolute Gasteiger partial charge is 0.124 e. The molecular weight excluding hydrogens is 262 g/mol. The van der Waals surface area contributed by atoms with Crippen molar-refractivity contribution in [3.8, 4) is 5.75 Å². The standard InChI is InChI=1S/C17H17N3O/c1-21-16-9-5-3-7-14(16)17(20-18)13-10-11-19-15-8-4-2-6-12(13)15/h2-11,17,20H,18H2,1H3. The van der Waals surface area contributed by atoms with E-state index in [4.69, 9.17) is 10.6 Å². The maximum atomic E-state index is 5.83. The fraction of sp³-hybridized carbons (Fsp3) is 0.118. The highest BCUT2D eigenvalue weighted by atomic mass is 16.5. The van der Waals surface area contributed by atoms with Gasteiger partial charge in [0.25, 0.3) is 0 Å². The van der Waals surface area contributed by atoms with E-state index >= 15 is 0 Å². The van der Waals surface area contributed by atoms with Crippen LogP contribution in [0, 0.1) is 0 Å². The first-order chi connectivity index (χ1) is 10.3. The lowest BCUT2D eigenvalue weighted by atomic mass is 9.95. The number of para-hydroxylation sites is 2. The zero-order chi connectivity index (χ0) is 14.7. The summed E-state index contributed by atoms with van der Waals surface area (Å²) in [5, 5.41) is 1.08. The van der Waals surface area contributed by atoms with Crippen LogP contribution in [0.3, 0.4) is 0 Å². The Morgan fingerprint density at radius 1 is 1.00 bits per heavy atom. The monoisotopic (exact) mass is 279 g/mol. The zero-order valence-electron chi connectivity index (χ0n) is 11.8. The number of benzene rings is 2. The van der Waals surface area contributed by atoms with Crippen molar-refractivity contribution in [2.24, 2.45) is 5.84 Å². The predicted molar refractivity (Wildman–Crippen MR) is 83.9 cm³/mol. The number of hydrazine groups is 1. The minimum absolute atomic E-state index is 0.158. The van der Waals surface area contributed by atoms with Gasteiger partial charge < -0.3 is 4.74 Å². The Bertz CT molecular complexity index is 752. The molecule has 0 radical (unpaired) electrons. The summed E-state index contributed by atoms with van der Waals surface area (Å²) in [6.45, 7) is 0. The summed E-state index contributed by atoms with van der Waals surface area (Å²) in [6.07, 6.45) is 1.80. The van der Waals surface area contributed by atoms with Gasteiger partial charge in [-0.05, 0) is 23.8 Å². The summed E-state index contributed by atoms with van der Waals surface area (Å²) in [5.41, 5.74) is 5.92. The minimum atomic E-state index is -0.158. The largest absolute Gasteiger partial charge is 0.496 e. The van der Waals surface area contributed by atoms with Crippen LogP contribution >= 0.6 is 0 Å². The summed E-state index contributed by atoms with van der Waals surface area (Å²) in [6, 6.07) is 17.7. The number of pyridine rings is 1. The fourth-order valence-corrected chi connectivity index (χ4v) is 2.62. The van der Waals surface area contributed by atoms with Gasteiger partial charge in [-0.3, -0.25) is 10.8 Å². The highest BCUT2D eigenvalue weighted by Crippen LogP contribution is 2.32. The van der Waals surface area contributed by atoms with Gasteiger partial charge in [-0.1, -0.05) is 36.4 Å². The number of hydrogen-bond acceptors (Lipinski definition) is 4. The summed E-state index contributed by atoms with van der Waals surface area (Å²) in [4.78, 5) is 4.39. The van der Waals surface area contributed by atoms with Gasteiger partial charge in [-0.25, -0.2) is 5.43 Å². The number of nitrogens with zero attached hydrogens (tertiary/aromatic N) is 1. The second kappa shape index (κ2) is 5.91. The first-order valence-corrected chi connectivity index (χ1v) is 6.78. The molecular formula is C17H17N3O. The molecule has 0 aliphatic heterocycles. The number of methoxy groups -OCH3 is 1. The van der Waals surface area contributed by atoms with Gasteiger partial charge in [0.2, 0.25) is 0 Å². The van der Waals surface area contributed by atoms with E-state index in [9.17, 15) is 0 Å². The van der Waals surface area contributed by atoms with Crippen molar-refractivity contribution in [1.29, 1.82) is 0 Å². The second-order valence-electron chi connectivity index (χ2n) is 4.76. The highest BCUT2D eigenvalue weighted by Gasteiger charge is 2.18. The molecule has 0 fully saturated rings. The third-order valence-corrected chi connectivity index (χ3v) is 3.61. The molecule has 21 heavy (non-hydrogen) atoms. The Balaban J connectivity index is 2.19. The van der Waals surface area contributed by atoms with Gasteiger partial charge >= 0.3 is 0 Å². The lowest BCUT2D eigenvalue weighted by molar-refractivity contribution is 0.404. The van der Waals surface area contributed by atoms with Crippen molar-refractivity contribution >= 4 is 10.9 Å². The zero-order valence-corrected chi connectivity index (χ0v) is 11.8. The Morgan fingerprint density at radius 3 is 2.57 bits per heavy atom. The van der Waals surface area contributed by atoms with E-state index in [-0.39, 0.29) is 6.04 Å². The number of ether oxygens (including phenoxy) is 1. The summed E-state index contributed by atoms with van der Waals surface area (Å²) in [5.74, 6) is 6.63. The van der Waals surface area contributed by atoms with Crippen molar-refractivity contribution in [2.45, 2.75) is 6.04 Å². The molecule has 2 aromatic carbocycles. The average Bonchev–Trinajstić information content (AvgIpc) is 2.56. The molecule has 3 aromatic rings. The Labute approximate surface area is 123 Å². The average molecular weight is 279 g/mol. The molecule has 1 heterocycles. The van der Waals surface area contributed by atoms with Crippen molar-refractivity contribution in [1.82, 2.24) is 10.4 Å². The Morgan fingerprint density at radius 2 is 1.76 bits per heavy atom. The second-order valence-corrected chi connectivity index (χ2v) is 4.76. The van der Waals surface area contributed by atoms with E-state index in [2.05, 4.69) is 16.5 Å². The van der Waals surface area contributed by atoms with E-state index in [1.807, 2.05) is 48.5 Å². The molecule has 0 saturated carbocycles. The summed E-state index contributed by atoms with van der Waals surface area (Å²) < 4.78 is 5.45. The molecule has 0 saturated heterocycles. The Kier molecular flexibility index (Phi) is 3.81. The van der Waals surface area contributed by atoms with E-state index in [0.717, 1.165) is 27.8 Å². The molecule has 1 atom stereocenters. The minimum Gasteiger partial charge on any atom is -0.496 e. The summed E-state index contributed by atoms with van der Waals surface area (Å²) >= 11 is 0. The molecule has 1 aromatic heterocycles. The van der Waals surface area contributed by atoms with E-state index in [1.165, 1.54) is 0 Å². The van der Waals surface area contributed by atoms with Crippen molar-refractivity contribution in [3.05, 3.63) is 71.9 Å². The lowest BCUT2D eigenvalue weighted by Crippen LogP contribution is -2.29. The van der Waals surface area contributed by atoms with E-state index in [0.29, 0.717) is 0 Å². The van der Waals surface area contributed by atoms with Crippen LogP contribution in [0.5, 0.6) is 5.75 Å². The Hall–Kier alpha value is -2.43. The maximum Gasteiger partial charge on any atom is 0.124 e. The summed E-state index contributed by atoms with van der Waals surface area (Å²) in [7, 11) is 1.66. The molecule has 4 nitrogen and oxygen atoms in total. The molecule has 0 aliphatic carbocycles. The van der Waals surface area contributed by atoms with Crippen LogP contribution in [0.25, 0.3) is 10.9 Å². The van der Waals surface area contributed by atoms with Gasteiger partial charge in [0, 0.05) is 17.1 Å². The maximum absolute atomic E-state index is 5.83. The number of rotatable bonds is 4. The van der Waals surface area contributed by atoms with Crippen LogP contribution < -0.4 is 16.0 Å². The molecule has 3 N–H and O–H groups in total. The van der Waals surface area contributed by atoms with Crippen molar-refractivity contribution < 1.29 is 4.74 Å². The van der Waals surface area contributed by atoms with Gasteiger partial charge in [-0.2, -0.15) is 0 Å². The van der Waals surface area contributed by atoms with Crippen LogP contribution in [0.4, 0.5) is 0 Å². The van der Waals surface area contributed by atoms with Gasteiger partial charge in [0.05, 0.1) is 18.7 Å². The van der Waals surface area contributed by atoms with Crippen LogP contribution in [0.1, 0.15) is 17.2 Å². The number of hydrogen-bond donors (Lipinski definition) is 2. The van der Waals surface area contributed by atoms with E-state index in [1.54, 1.807) is 13.3 Å². The molecule has 1 unspecified atom stereocenters. The van der Waals surface area contributed by atoms with Crippen molar-refractivity contribution in [3.63, 3.8) is 0 Å². The topological polar surface area (TPSA) is 60.2 Å². The van der Waals surface area contributed by atoms with Crippen LogP contribution in [0.2, 0.25) is 0 Å². The third-order valence-electron chi connectivity index (χ3n) is 3.61. The van der Waals surface area contributed by atoms with Gasteiger partial charge in [0.1, 0.15) is 5.75 Å². The highest BCUT2D eigenvalue weighted by molar-refractivity contribution is 5.83. The van der Waals surface area contributed by atoms with Gasteiger partial charge in [-0.15, -0.1) is 0 Å². The lowest BCUT2D eigenvalue weighted by Gasteiger charge is -2.20. The third kappa shape index (κ3) is 2.46. The molecule has 0 spiro atoms. The number of fused-ring (bicyclic) bond motifs is 1. The van der Waals surface area contributed by atoms with Crippen molar-refractivity contribution in [2.75, 3.05) is 7.11 Å². The number of nitrogens with one attached hydrogen (secondary N) is 1. The normalized spacial score (nSPS) is 12.3. The fourth-order valence-electron chi connectivity index (χ4n) is 2.62. The quantitative estimate of drug-likeness (QED) is 0.569. The number of nitrogens with two attached hydrogens (primary N) is 1. The first-order valence-electron chi connectivity index (χ1n) is 6.78. The molecule has 4 heteroatoms. The molecule has 0 bridgehead atoms. The van der Waals surface area contributed by atoms with Gasteiger partial charge in [0.15, 0.2) is 0 Å². The first kappa shape index (κ1) is 13.5. The van der Waals surface area contributed by atoms with Crippen LogP contribution in [-0.4, -0.2) is 12.1 Å².